The van der Waals surface area contributed by atoms with Crippen LogP contribution in [0.5, 0.6) is 17.2 Å². The molecule has 3 rings (SSSR count). The average molecular weight is 406 g/mol. The molecule has 156 valence electrons. The molecule has 0 heterocycles. The first-order chi connectivity index (χ1) is 14.7. The van der Waals surface area contributed by atoms with Crippen molar-refractivity contribution in [2.75, 3.05) is 26.6 Å². The molecule has 0 aromatic heterocycles. The third kappa shape index (κ3) is 5.03. The number of urea groups is 1. The van der Waals surface area contributed by atoms with E-state index in [4.69, 9.17) is 14.2 Å². The maximum absolute atomic E-state index is 13.2. The summed E-state index contributed by atoms with van der Waals surface area (Å²) in [5, 5.41) is 2.95. The molecule has 6 heteroatoms. The Morgan fingerprint density at radius 3 is 1.73 bits per heavy atom. The summed E-state index contributed by atoms with van der Waals surface area (Å²) in [6, 6.07) is 23.0. The Balaban J connectivity index is 1.87. The van der Waals surface area contributed by atoms with Gasteiger partial charge in [-0.15, -0.1) is 0 Å². The number of anilines is 1. The largest absolute Gasteiger partial charge is 0.493 e. The molecule has 2 amide bonds. The summed E-state index contributed by atoms with van der Waals surface area (Å²) in [6.45, 7) is 0.939. The number of nitrogens with zero attached hydrogens (tertiary/aromatic N) is 1. The van der Waals surface area contributed by atoms with E-state index >= 15 is 0 Å². The summed E-state index contributed by atoms with van der Waals surface area (Å²) < 4.78 is 16.2. The van der Waals surface area contributed by atoms with Crippen molar-refractivity contribution in [2.45, 2.75) is 13.1 Å². The number of hydrogen-bond acceptors (Lipinski definition) is 4. The van der Waals surface area contributed by atoms with E-state index in [1.807, 2.05) is 60.7 Å². The molecular weight excluding hydrogens is 380 g/mol. The van der Waals surface area contributed by atoms with Gasteiger partial charge >= 0.3 is 6.03 Å². The molecule has 0 atom stereocenters. The second-order valence-corrected chi connectivity index (χ2v) is 6.64. The van der Waals surface area contributed by atoms with Gasteiger partial charge in [-0.25, -0.2) is 4.79 Å². The van der Waals surface area contributed by atoms with E-state index in [1.165, 1.54) is 14.2 Å². The highest BCUT2D eigenvalue weighted by Crippen LogP contribution is 2.42. The zero-order valence-corrected chi connectivity index (χ0v) is 17.4. The van der Waals surface area contributed by atoms with Gasteiger partial charge in [0, 0.05) is 13.1 Å². The molecular formula is C24H26N2O4. The minimum Gasteiger partial charge on any atom is -0.493 e. The molecule has 0 unspecified atom stereocenters. The van der Waals surface area contributed by atoms with E-state index in [1.54, 1.807) is 24.1 Å². The number of ether oxygens (including phenoxy) is 3. The van der Waals surface area contributed by atoms with Crippen LogP contribution < -0.4 is 19.5 Å². The third-order valence-electron chi connectivity index (χ3n) is 4.67. The van der Waals surface area contributed by atoms with Crippen molar-refractivity contribution >= 4 is 11.7 Å². The molecule has 3 aromatic carbocycles. The molecule has 0 aliphatic heterocycles. The minimum atomic E-state index is -0.242. The predicted octanol–water partition coefficient (Wildman–Crippen LogP) is 4.95. The highest BCUT2D eigenvalue weighted by Gasteiger charge is 2.20. The van der Waals surface area contributed by atoms with Gasteiger partial charge in [0.1, 0.15) is 0 Å². The standard InChI is InChI=1S/C24H26N2O4/c1-28-21-15-14-20(22(29-2)23(21)30-3)25-24(27)26(16-18-10-6-4-7-11-18)17-19-12-8-5-9-13-19/h4-15H,16-17H2,1-3H3,(H,25,27). The highest BCUT2D eigenvalue weighted by molar-refractivity contribution is 5.92. The molecule has 3 aromatic rings. The van der Waals surface area contributed by atoms with Crippen LogP contribution in [0.1, 0.15) is 11.1 Å². The average Bonchev–Trinajstić information content (AvgIpc) is 2.79. The fraction of sp³-hybridized carbons (Fsp3) is 0.208. The molecule has 0 saturated heterocycles. The van der Waals surface area contributed by atoms with Crippen LogP contribution in [0, 0.1) is 0 Å². The van der Waals surface area contributed by atoms with Gasteiger partial charge in [0.2, 0.25) is 5.75 Å². The van der Waals surface area contributed by atoms with Crippen molar-refractivity contribution in [3.63, 3.8) is 0 Å². The number of rotatable bonds is 8. The van der Waals surface area contributed by atoms with Gasteiger partial charge in [0.05, 0.1) is 27.0 Å². The van der Waals surface area contributed by atoms with Crippen LogP contribution in [-0.2, 0) is 13.1 Å². The number of nitrogens with one attached hydrogen (secondary N) is 1. The summed E-state index contributed by atoms with van der Waals surface area (Å²) in [4.78, 5) is 15.0. The molecule has 0 aliphatic rings. The second kappa shape index (κ2) is 10.2. The zero-order chi connectivity index (χ0) is 21.3. The molecule has 30 heavy (non-hydrogen) atoms. The molecule has 0 fully saturated rings. The molecule has 0 aliphatic carbocycles. The maximum atomic E-state index is 13.2. The minimum absolute atomic E-state index is 0.242. The monoisotopic (exact) mass is 406 g/mol. The van der Waals surface area contributed by atoms with E-state index < -0.39 is 0 Å². The van der Waals surface area contributed by atoms with Crippen LogP contribution in [0.25, 0.3) is 0 Å². The summed E-state index contributed by atoms with van der Waals surface area (Å²) in [5.41, 5.74) is 2.59. The smallest absolute Gasteiger partial charge is 0.322 e. The first-order valence-corrected chi connectivity index (χ1v) is 9.59. The van der Waals surface area contributed by atoms with E-state index in [0.29, 0.717) is 36.0 Å². The van der Waals surface area contributed by atoms with Crippen molar-refractivity contribution in [2.24, 2.45) is 0 Å². The lowest BCUT2D eigenvalue weighted by Gasteiger charge is -2.24. The fourth-order valence-corrected chi connectivity index (χ4v) is 3.20. The van der Waals surface area contributed by atoms with E-state index in [9.17, 15) is 4.79 Å². The lowest BCUT2D eigenvalue weighted by atomic mass is 10.2. The number of methoxy groups -OCH3 is 3. The van der Waals surface area contributed by atoms with Crippen LogP contribution in [0.4, 0.5) is 10.5 Å². The van der Waals surface area contributed by atoms with E-state index in [0.717, 1.165) is 11.1 Å². The number of carbonyl (C=O) groups is 1. The summed E-state index contributed by atoms with van der Waals surface area (Å²) in [5.74, 6) is 1.36. The van der Waals surface area contributed by atoms with Gasteiger partial charge < -0.3 is 24.4 Å². The van der Waals surface area contributed by atoms with Gasteiger partial charge in [-0.3, -0.25) is 0 Å². The third-order valence-corrected chi connectivity index (χ3v) is 4.67. The second-order valence-electron chi connectivity index (χ2n) is 6.64. The number of benzene rings is 3. The number of carbonyl (C=O) groups excluding carboxylic acids is 1. The van der Waals surface area contributed by atoms with E-state index in [-0.39, 0.29) is 6.03 Å². The van der Waals surface area contributed by atoms with Crippen LogP contribution in [0.15, 0.2) is 72.8 Å². The van der Waals surface area contributed by atoms with Crippen molar-refractivity contribution in [1.29, 1.82) is 0 Å². The fourth-order valence-electron chi connectivity index (χ4n) is 3.20. The van der Waals surface area contributed by atoms with Gasteiger partial charge in [-0.05, 0) is 23.3 Å². The lowest BCUT2D eigenvalue weighted by Crippen LogP contribution is -2.34. The zero-order valence-electron chi connectivity index (χ0n) is 17.4. The Hall–Kier alpha value is -3.67. The van der Waals surface area contributed by atoms with Gasteiger partial charge in [0.25, 0.3) is 0 Å². The Labute approximate surface area is 177 Å². The molecule has 0 bridgehead atoms. The summed E-state index contributed by atoms with van der Waals surface area (Å²) >= 11 is 0. The normalized spacial score (nSPS) is 10.2. The number of amides is 2. The lowest BCUT2D eigenvalue weighted by molar-refractivity contribution is 0.206. The first kappa shape index (κ1) is 21.0. The maximum Gasteiger partial charge on any atom is 0.322 e. The molecule has 0 radical (unpaired) electrons. The number of hydrogen-bond donors (Lipinski definition) is 1. The topological polar surface area (TPSA) is 60.0 Å². The molecule has 1 N–H and O–H groups in total. The molecule has 0 saturated carbocycles. The van der Waals surface area contributed by atoms with Crippen LogP contribution in [-0.4, -0.2) is 32.3 Å². The van der Waals surface area contributed by atoms with Crippen molar-refractivity contribution in [3.05, 3.63) is 83.9 Å². The van der Waals surface area contributed by atoms with Crippen molar-refractivity contribution < 1.29 is 19.0 Å². The molecule has 0 spiro atoms. The SMILES string of the molecule is COc1ccc(NC(=O)N(Cc2ccccc2)Cc2ccccc2)c(OC)c1OC. The first-order valence-electron chi connectivity index (χ1n) is 9.59. The Kier molecular flexibility index (Phi) is 7.16. The van der Waals surface area contributed by atoms with E-state index in [2.05, 4.69) is 5.32 Å². The Morgan fingerprint density at radius 1 is 0.733 bits per heavy atom. The van der Waals surface area contributed by atoms with Gasteiger partial charge in [0.15, 0.2) is 11.5 Å². The Bertz CT molecular complexity index is 920. The van der Waals surface area contributed by atoms with Gasteiger partial charge in [-0.1, -0.05) is 60.7 Å². The quantitative estimate of drug-likeness (QED) is 0.575. The Morgan fingerprint density at radius 2 is 1.27 bits per heavy atom. The van der Waals surface area contributed by atoms with Gasteiger partial charge in [-0.2, -0.15) is 0 Å². The van der Waals surface area contributed by atoms with Crippen LogP contribution in [0.2, 0.25) is 0 Å². The van der Waals surface area contributed by atoms with Crippen LogP contribution >= 0.6 is 0 Å². The predicted molar refractivity (Wildman–Crippen MR) is 117 cm³/mol. The summed E-state index contributed by atoms with van der Waals surface area (Å²) in [6.07, 6.45) is 0. The highest BCUT2D eigenvalue weighted by atomic mass is 16.5. The van der Waals surface area contributed by atoms with Crippen molar-refractivity contribution in [3.8, 4) is 17.2 Å². The van der Waals surface area contributed by atoms with Crippen LogP contribution in [0.3, 0.4) is 0 Å². The summed E-state index contributed by atoms with van der Waals surface area (Å²) in [7, 11) is 4.61. The molecule has 6 nitrogen and oxygen atoms in total. The van der Waals surface area contributed by atoms with Crippen molar-refractivity contribution in [1.82, 2.24) is 4.90 Å².